The van der Waals surface area contributed by atoms with Crippen LogP contribution in [-0.4, -0.2) is 43.7 Å². The Morgan fingerprint density at radius 3 is 2.50 bits per heavy atom. The zero-order valence-electron chi connectivity index (χ0n) is 17.9. The summed E-state index contributed by atoms with van der Waals surface area (Å²) in [6, 6.07) is 10.7. The molecule has 0 heterocycles. The number of rotatable bonds is 10. The van der Waals surface area contributed by atoms with Gasteiger partial charge in [0, 0.05) is 5.56 Å². The van der Waals surface area contributed by atoms with Crippen LogP contribution in [0.4, 0.5) is 0 Å². The molecule has 2 aromatic rings. The van der Waals surface area contributed by atoms with E-state index in [9.17, 15) is 14.4 Å². The quantitative estimate of drug-likeness (QED) is 0.369. The van der Waals surface area contributed by atoms with Crippen molar-refractivity contribution >= 4 is 35.5 Å². The van der Waals surface area contributed by atoms with Crippen LogP contribution < -0.4 is 25.9 Å². The highest BCUT2D eigenvalue weighted by atomic mass is 35.5. The molecule has 2 rings (SSSR count). The van der Waals surface area contributed by atoms with E-state index in [0.29, 0.717) is 11.3 Å². The van der Waals surface area contributed by atoms with Gasteiger partial charge in [0.2, 0.25) is 0 Å². The number of halogens is 1. The summed E-state index contributed by atoms with van der Waals surface area (Å²) < 4.78 is 10.6. The second-order valence-corrected chi connectivity index (χ2v) is 7.45. The molecule has 0 spiro atoms. The standard InChI is InChI=1S/C22H25ClN4O5/c1-13(2)19(26-21(29)15-8-4-5-9-16(15)23)22(30)27-25-11-14-7-6-10-17(31-3)20(14)32-12-18(24)28/h4-11,13,19H,12H2,1-3H3,(H2,24,28)(H,26,29)(H,27,30). The Morgan fingerprint density at radius 2 is 1.88 bits per heavy atom. The van der Waals surface area contributed by atoms with Crippen molar-refractivity contribution in [3.8, 4) is 11.5 Å². The molecule has 0 fully saturated rings. The molecule has 1 atom stereocenters. The van der Waals surface area contributed by atoms with Crippen molar-refractivity contribution in [1.29, 1.82) is 0 Å². The molecule has 4 N–H and O–H groups in total. The van der Waals surface area contributed by atoms with E-state index in [0.717, 1.165) is 0 Å². The number of para-hydroxylation sites is 1. The molecular weight excluding hydrogens is 436 g/mol. The number of hydrazone groups is 1. The van der Waals surface area contributed by atoms with Gasteiger partial charge in [0.1, 0.15) is 6.04 Å². The fourth-order valence-electron chi connectivity index (χ4n) is 2.73. The van der Waals surface area contributed by atoms with Gasteiger partial charge in [-0.3, -0.25) is 14.4 Å². The van der Waals surface area contributed by atoms with Crippen LogP contribution in [0, 0.1) is 5.92 Å². The predicted octanol–water partition coefficient (Wildman–Crippen LogP) is 2.12. The lowest BCUT2D eigenvalue weighted by molar-refractivity contribution is -0.124. The maximum Gasteiger partial charge on any atom is 0.262 e. The van der Waals surface area contributed by atoms with E-state index in [2.05, 4.69) is 15.8 Å². The lowest BCUT2D eigenvalue weighted by Gasteiger charge is -2.20. The van der Waals surface area contributed by atoms with Gasteiger partial charge in [-0.15, -0.1) is 0 Å². The van der Waals surface area contributed by atoms with Crippen molar-refractivity contribution in [2.24, 2.45) is 16.8 Å². The normalized spacial score (nSPS) is 11.8. The van der Waals surface area contributed by atoms with E-state index in [1.165, 1.54) is 13.3 Å². The van der Waals surface area contributed by atoms with Crippen LogP contribution in [-0.2, 0) is 9.59 Å². The number of carbonyl (C=O) groups excluding carboxylic acids is 3. The first kappa shape index (κ1) is 24.7. The summed E-state index contributed by atoms with van der Waals surface area (Å²) in [4.78, 5) is 36.3. The largest absolute Gasteiger partial charge is 0.493 e. The van der Waals surface area contributed by atoms with Crippen molar-refractivity contribution in [2.45, 2.75) is 19.9 Å². The summed E-state index contributed by atoms with van der Waals surface area (Å²) in [5, 5.41) is 6.92. The molecule has 3 amide bonds. The molecule has 32 heavy (non-hydrogen) atoms. The summed E-state index contributed by atoms with van der Waals surface area (Å²) >= 11 is 6.06. The summed E-state index contributed by atoms with van der Waals surface area (Å²) in [5.41, 5.74) is 8.26. The Labute approximate surface area is 190 Å². The number of hydrogen-bond donors (Lipinski definition) is 3. The van der Waals surface area contributed by atoms with E-state index in [1.807, 2.05) is 0 Å². The fraction of sp³-hybridized carbons (Fsp3) is 0.273. The van der Waals surface area contributed by atoms with Crippen molar-refractivity contribution in [2.75, 3.05) is 13.7 Å². The number of primary amides is 1. The molecule has 0 aromatic heterocycles. The van der Waals surface area contributed by atoms with Gasteiger partial charge < -0.3 is 20.5 Å². The van der Waals surface area contributed by atoms with Crippen molar-refractivity contribution in [3.05, 3.63) is 58.6 Å². The Kier molecular flexibility index (Phi) is 9.03. The van der Waals surface area contributed by atoms with Gasteiger partial charge in [0.05, 0.1) is 23.9 Å². The molecule has 9 nitrogen and oxygen atoms in total. The van der Waals surface area contributed by atoms with Crippen LogP contribution in [0.25, 0.3) is 0 Å². The first-order chi connectivity index (χ1) is 15.2. The number of ether oxygens (including phenoxy) is 2. The third-order valence-corrected chi connectivity index (χ3v) is 4.65. The maximum absolute atomic E-state index is 12.7. The van der Waals surface area contributed by atoms with Crippen LogP contribution in [0.2, 0.25) is 5.02 Å². The Hall–Kier alpha value is -3.59. The highest BCUT2D eigenvalue weighted by Crippen LogP contribution is 2.30. The first-order valence-corrected chi connectivity index (χ1v) is 10.1. The second-order valence-electron chi connectivity index (χ2n) is 7.04. The average Bonchev–Trinajstić information content (AvgIpc) is 2.75. The smallest absolute Gasteiger partial charge is 0.262 e. The molecule has 2 aromatic carbocycles. The number of amides is 3. The number of hydrogen-bond acceptors (Lipinski definition) is 6. The van der Waals surface area contributed by atoms with Gasteiger partial charge >= 0.3 is 0 Å². The van der Waals surface area contributed by atoms with Gasteiger partial charge in [-0.1, -0.05) is 43.6 Å². The van der Waals surface area contributed by atoms with Gasteiger partial charge in [-0.2, -0.15) is 5.10 Å². The van der Waals surface area contributed by atoms with Crippen LogP contribution in [0.15, 0.2) is 47.6 Å². The monoisotopic (exact) mass is 460 g/mol. The van der Waals surface area contributed by atoms with E-state index in [4.69, 9.17) is 26.8 Å². The molecule has 170 valence electrons. The molecule has 0 radical (unpaired) electrons. The van der Waals surface area contributed by atoms with Gasteiger partial charge in [-0.05, 0) is 30.2 Å². The number of nitrogens with two attached hydrogens (primary N) is 1. The van der Waals surface area contributed by atoms with Gasteiger partial charge in [0.15, 0.2) is 18.1 Å². The molecule has 0 saturated heterocycles. The van der Waals surface area contributed by atoms with E-state index in [1.54, 1.807) is 56.3 Å². The van der Waals surface area contributed by atoms with Crippen LogP contribution in [0.3, 0.4) is 0 Å². The third kappa shape index (κ3) is 6.71. The van der Waals surface area contributed by atoms with E-state index >= 15 is 0 Å². The van der Waals surface area contributed by atoms with Crippen molar-refractivity contribution < 1.29 is 23.9 Å². The SMILES string of the molecule is COc1cccc(C=NNC(=O)C(NC(=O)c2ccccc2Cl)C(C)C)c1OCC(N)=O. The zero-order valence-corrected chi connectivity index (χ0v) is 18.7. The Morgan fingerprint density at radius 1 is 1.16 bits per heavy atom. The predicted molar refractivity (Wildman–Crippen MR) is 121 cm³/mol. The minimum Gasteiger partial charge on any atom is -0.493 e. The van der Waals surface area contributed by atoms with Crippen molar-refractivity contribution in [3.63, 3.8) is 0 Å². The molecule has 0 aliphatic carbocycles. The van der Waals surface area contributed by atoms with Crippen LogP contribution in [0.5, 0.6) is 11.5 Å². The van der Waals surface area contributed by atoms with Crippen LogP contribution >= 0.6 is 11.6 Å². The molecule has 0 aliphatic rings. The topological polar surface area (TPSA) is 132 Å². The third-order valence-electron chi connectivity index (χ3n) is 4.32. The first-order valence-electron chi connectivity index (χ1n) is 9.71. The second kappa shape index (κ2) is 11.7. The minimum absolute atomic E-state index is 0.220. The van der Waals surface area contributed by atoms with Crippen LogP contribution in [0.1, 0.15) is 29.8 Å². The van der Waals surface area contributed by atoms with Gasteiger partial charge in [0.25, 0.3) is 17.7 Å². The fourth-order valence-corrected chi connectivity index (χ4v) is 2.95. The lowest BCUT2D eigenvalue weighted by atomic mass is 10.0. The summed E-state index contributed by atoms with van der Waals surface area (Å²) in [5.74, 6) is -1.24. The lowest BCUT2D eigenvalue weighted by Crippen LogP contribution is -2.48. The summed E-state index contributed by atoms with van der Waals surface area (Å²) in [6.07, 6.45) is 1.34. The summed E-state index contributed by atoms with van der Waals surface area (Å²) in [6.45, 7) is 3.23. The number of benzene rings is 2. The zero-order chi connectivity index (χ0) is 23.7. The molecule has 0 aliphatic heterocycles. The molecule has 1 unspecified atom stereocenters. The Balaban J connectivity index is 2.13. The number of nitrogens with zero attached hydrogens (tertiary/aromatic N) is 1. The van der Waals surface area contributed by atoms with E-state index < -0.39 is 23.8 Å². The van der Waals surface area contributed by atoms with E-state index in [-0.39, 0.29) is 28.9 Å². The molecule has 0 bridgehead atoms. The Bertz CT molecular complexity index is 1010. The molecular formula is C22H25ClN4O5. The van der Waals surface area contributed by atoms with Crippen molar-refractivity contribution in [1.82, 2.24) is 10.7 Å². The average molecular weight is 461 g/mol. The number of methoxy groups -OCH3 is 1. The number of carbonyl (C=O) groups is 3. The highest BCUT2D eigenvalue weighted by Gasteiger charge is 2.25. The maximum atomic E-state index is 12.7. The number of nitrogens with one attached hydrogen (secondary N) is 2. The molecule has 0 saturated carbocycles. The minimum atomic E-state index is -0.855. The van der Waals surface area contributed by atoms with Gasteiger partial charge in [-0.25, -0.2) is 5.43 Å². The highest BCUT2D eigenvalue weighted by molar-refractivity contribution is 6.33. The molecule has 10 heteroatoms. The summed E-state index contributed by atoms with van der Waals surface area (Å²) in [7, 11) is 1.45.